The topological polar surface area (TPSA) is 82.4 Å². The Bertz CT molecular complexity index is 864. The maximum atomic E-state index is 11.0. The Balaban J connectivity index is 1.37. The zero-order chi connectivity index (χ0) is 22.8. The van der Waals surface area contributed by atoms with Crippen LogP contribution in [0.2, 0.25) is 0 Å². The first kappa shape index (κ1) is 23.7. The van der Waals surface area contributed by atoms with Crippen LogP contribution in [0.15, 0.2) is 53.7 Å². The molecule has 0 saturated carbocycles. The van der Waals surface area contributed by atoms with Crippen molar-refractivity contribution in [1.29, 1.82) is 0 Å². The van der Waals surface area contributed by atoms with Gasteiger partial charge in [0.15, 0.2) is 0 Å². The van der Waals surface area contributed by atoms with E-state index in [1.807, 2.05) is 36.4 Å². The Morgan fingerprint density at radius 2 is 1.78 bits per heavy atom. The molecule has 1 aliphatic heterocycles. The molecule has 2 aromatic carbocycles. The molecule has 1 saturated heterocycles. The number of hydrogen-bond donors (Lipinski definition) is 1. The third-order valence-electron chi connectivity index (χ3n) is 6.11. The molecule has 1 N–H and O–H groups in total. The summed E-state index contributed by atoms with van der Waals surface area (Å²) in [5, 5.41) is 11.9. The number of hydrogen-bond acceptors (Lipinski definition) is 6. The van der Waals surface area contributed by atoms with Gasteiger partial charge in [-0.15, -0.1) is 0 Å². The second-order valence-electron chi connectivity index (χ2n) is 8.25. The molecule has 3 rings (SSSR count). The molecule has 1 heterocycles. The fourth-order valence-electron chi connectivity index (χ4n) is 4.21. The third kappa shape index (κ3) is 6.79. The highest BCUT2D eigenvalue weighted by Crippen LogP contribution is 2.28. The predicted octanol–water partition coefficient (Wildman–Crippen LogP) is 4.51. The molecule has 2 aromatic rings. The monoisotopic (exact) mass is 439 g/mol. The second kappa shape index (κ2) is 12.2. The normalized spacial score (nSPS) is 15.3. The molecule has 1 unspecified atom stereocenters. The van der Waals surface area contributed by atoms with Crippen molar-refractivity contribution in [2.45, 2.75) is 38.1 Å². The lowest BCUT2D eigenvalue weighted by Gasteiger charge is -2.36. The number of ether oxygens (including phenoxy) is 1. The van der Waals surface area contributed by atoms with Crippen molar-refractivity contribution in [3.63, 3.8) is 0 Å². The Kier molecular flexibility index (Phi) is 9.04. The van der Waals surface area contributed by atoms with Crippen LogP contribution in [-0.4, -0.2) is 55.8 Å². The molecule has 1 fully saturated rings. The van der Waals surface area contributed by atoms with Gasteiger partial charge in [0.2, 0.25) is 0 Å². The van der Waals surface area contributed by atoms with Crippen molar-refractivity contribution in [2.24, 2.45) is 5.18 Å². The number of anilines is 1. The van der Waals surface area contributed by atoms with E-state index in [9.17, 15) is 9.70 Å². The predicted molar refractivity (Wildman–Crippen MR) is 126 cm³/mol. The van der Waals surface area contributed by atoms with E-state index in [4.69, 9.17) is 9.84 Å². The van der Waals surface area contributed by atoms with Crippen LogP contribution in [0.1, 0.15) is 42.9 Å². The van der Waals surface area contributed by atoms with Crippen molar-refractivity contribution in [1.82, 2.24) is 4.90 Å². The standard InChI is InChI=1S/C25H33N3O4/c1-32-24-8-3-2-7-23(24)28-18-16-27(17-19-28)15-5-4-6-20-9-11-21(12-10-20)22(26-31)13-14-25(29)30/h2-3,7-12,22H,4-6,13-19H2,1H3,(H,29,30). The van der Waals surface area contributed by atoms with Gasteiger partial charge in [-0.05, 0) is 55.5 Å². The van der Waals surface area contributed by atoms with Gasteiger partial charge in [0.1, 0.15) is 11.8 Å². The molecule has 1 atom stereocenters. The zero-order valence-corrected chi connectivity index (χ0v) is 18.8. The van der Waals surface area contributed by atoms with Crippen LogP contribution in [0.25, 0.3) is 0 Å². The molecular weight excluding hydrogens is 406 g/mol. The first-order chi connectivity index (χ1) is 15.6. The highest BCUT2D eigenvalue weighted by atomic mass is 16.5. The number of benzene rings is 2. The number of piperazine rings is 1. The van der Waals surface area contributed by atoms with Gasteiger partial charge in [0, 0.05) is 32.6 Å². The Labute approximate surface area is 190 Å². The number of rotatable bonds is 12. The quantitative estimate of drug-likeness (QED) is 0.387. The van der Waals surface area contributed by atoms with Crippen LogP contribution in [0.4, 0.5) is 5.69 Å². The van der Waals surface area contributed by atoms with Gasteiger partial charge in [-0.1, -0.05) is 41.6 Å². The van der Waals surface area contributed by atoms with E-state index in [-0.39, 0.29) is 12.8 Å². The van der Waals surface area contributed by atoms with Gasteiger partial charge in [-0.25, -0.2) is 0 Å². The van der Waals surface area contributed by atoms with Gasteiger partial charge in [0.05, 0.1) is 12.8 Å². The van der Waals surface area contributed by atoms with Crippen molar-refractivity contribution < 1.29 is 14.6 Å². The molecule has 0 aromatic heterocycles. The van der Waals surface area contributed by atoms with Crippen LogP contribution < -0.4 is 9.64 Å². The van der Waals surface area contributed by atoms with E-state index < -0.39 is 12.0 Å². The maximum Gasteiger partial charge on any atom is 0.303 e. The van der Waals surface area contributed by atoms with Crippen LogP contribution in [0.3, 0.4) is 0 Å². The average molecular weight is 440 g/mol. The minimum Gasteiger partial charge on any atom is -0.495 e. The summed E-state index contributed by atoms with van der Waals surface area (Å²) in [7, 11) is 1.72. The summed E-state index contributed by atoms with van der Waals surface area (Å²) >= 11 is 0. The molecule has 0 amide bonds. The maximum absolute atomic E-state index is 11.0. The van der Waals surface area contributed by atoms with Gasteiger partial charge < -0.3 is 14.7 Å². The molecule has 0 radical (unpaired) electrons. The Hall–Kier alpha value is -2.93. The van der Waals surface area contributed by atoms with Crippen molar-refractivity contribution in [3.8, 4) is 5.75 Å². The lowest BCUT2D eigenvalue weighted by molar-refractivity contribution is -0.137. The van der Waals surface area contributed by atoms with Crippen molar-refractivity contribution in [2.75, 3.05) is 44.7 Å². The molecule has 7 heteroatoms. The van der Waals surface area contributed by atoms with E-state index >= 15 is 0 Å². The number of nitrogens with zero attached hydrogens (tertiary/aromatic N) is 3. The highest BCUT2D eigenvalue weighted by Gasteiger charge is 2.19. The third-order valence-corrected chi connectivity index (χ3v) is 6.11. The SMILES string of the molecule is COc1ccccc1N1CCN(CCCCc2ccc(C(CCC(=O)O)N=O)cc2)CC1. The molecule has 0 spiro atoms. The minimum atomic E-state index is -0.906. The molecule has 7 nitrogen and oxygen atoms in total. The Morgan fingerprint density at radius 3 is 2.44 bits per heavy atom. The fourth-order valence-corrected chi connectivity index (χ4v) is 4.21. The smallest absolute Gasteiger partial charge is 0.303 e. The molecule has 0 aliphatic carbocycles. The van der Waals surface area contributed by atoms with Crippen molar-refractivity contribution >= 4 is 11.7 Å². The number of carbonyl (C=O) groups is 1. The minimum absolute atomic E-state index is 0.0503. The summed E-state index contributed by atoms with van der Waals surface area (Å²) in [6.07, 6.45) is 3.44. The number of para-hydroxylation sites is 2. The number of methoxy groups -OCH3 is 1. The van der Waals surface area contributed by atoms with E-state index in [2.05, 4.69) is 27.1 Å². The summed E-state index contributed by atoms with van der Waals surface area (Å²) in [5.74, 6) is 0.0283. The number of aryl methyl sites for hydroxylation is 1. The second-order valence-corrected chi connectivity index (χ2v) is 8.25. The first-order valence-electron chi connectivity index (χ1n) is 11.3. The molecule has 32 heavy (non-hydrogen) atoms. The Morgan fingerprint density at radius 1 is 1.06 bits per heavy atom. The lowest BCUT2D eigenvalue weighted by atomic mass is 9.99. The highest BCUT2D eigenvalue weighted by molar-refractivity contribution is 5.66. The van der Waals surface area contributed by atoms with E-state index in [0.29, 0.717) is 0 Å². The molecule has 1 aliphatic rings. The van der Waals surface area contributed by atoms with Gasteiger partial charge in [-0.3, -0.25) is 9.69 Å². The molecular formula is C25H33N3O4. The van der Waals surface area contributed by atoms with E-state index in [1.165, 1.54) is 11.3 Å². The first-order valence-corrected chi connectivity index (χ1v) is 11.3. The molecule has 0 bridgehead atoms. The van der Waals surface area contributed by atoms with Crippen molar-refractivity contribution in [3.05, 3.63) is 64.6 Å². The lowest BCUT2D eigenvalue weighted by Crippen LogP contribution is -2.46. The van der Waals surface area contributed by atoms with Crippen LogP contribution in [-0.2, 0) is 11.2 Å². The summed E-state index contributed by atoms with van der Waals surface area (Å²) < 4.78 is 5.50. The van der Waals surface area contributed by atoms with Crippen LogP contribution >= 0.6 is 0 Å². The summed E-state index contributed by atoms with van der Waals surface area (Å²) in [6.45, 7) is 5.24. The zero-order valence-electron chi connectivity index (χ0n) is 18.8. The van der Waals surface area contributed by atoms with Crippen LogP contribution in [0.5, 0.6) is 5.75 Å². The van der Waals surface area contributed by atoms with Crippen LogP contribution in [0, 0.1) is 4.91 Å². The number of aliphatic carboxylic acids is 1. The van der Waals surface area contributed by atoms with Gasteiger partial charge in [-0.2, -0.15) is 4.91 Å². The summed E-state index contributed by atoms with van der Waals surface area (Å²) in [6, 6.07) is 15.5. The van der Waals surface area contributed by atoms with E-state index in [0.717, 1.165) is 63.3 Å². The average Bonchev–Trinajstić information content (AvgIpc) is 2.83. The summed E-state index contributed by atoms with van der Waals surface area (Å²) in [5.41, 5.74) is 3.20. The molecule has 172 valence electrons. The fraction of sp³-hybridized carbons (Fsp3) is 0.480. The van der Waals surface area contributed by atoms with Gasteiger partial charge in [0.25, 0.3) is 0 Å². The summed E-state index contributed by atoms with van der Waals surface area (Å²) in [4.78, 5) is 26.7. The largest absolute Gasteiger partial charge is 0.495 e. The number of nitroso groups, excluding NO2 is 1. The van der Waals surface area contributed by atoms with E-state index in [1.54, 1.807) is 7.11 Å². The van der Waals surface area contributed by atoms with Gasteiger partial charge >= 0.3 is 5.97 Å². The number of carboxylic acids is 1. The number of unbranched alkanes of at least 4 members (excludes halogenated alkanes) is 1. The number of carboxylic acid groups (broad SMARTS) is 1.